The first-order valence-electron chi connectivity index (χ1n) is 9.02. The Balaban J connectivity index is 2.56. The zero-order valence-corrected chi connectivity index (χ0v) is 17.0. The van der Waals surface area contributed by atoms with Gasteiger partial charge in [-0.2, -0.15) is 0 Å². The second-order valence-corrected chi connectivity index (χ2v) is 9.20. The minimum Gasteiger partial charge on any atom is -0.459 e. The minimum atomic E-state index is -1.13. The topological polar surface area (TPSA) is 103 Å². The van der Waals surface area contributed by atoms with Crippen LogP contribution in [-0.2, 0) is 16.6 Å². The first kappa shape index (κ1) is 21.1. The average Bonchev–Trinajstić information content (AvgIpc) is 2.89. The Kier molecular flexibility index (Phi) is 5.52. The van der Waals surface area contributed by atoms with E-state index in [2.05, 4.69) is 5.32 Å². The summed E-state index contributed by atoms with van der Waals surface area (Å²) in [5.74, 6) is -1.18. The Morgan fingerprint density at radius 1 is 1.26 bits per heavy atom. The lowest BCUT2D eigenvalue weighted by Crippen LogP contribution is -2.46. The highest BCUT2D eigenvalue weighted by Crippen LogP contribution is 2.43. The summed E-state index contributed by atoms with van der Waals surface area (Å²) in [7, 11) is 1.59. The molecule has 0 amide bonds. The highest BCUT2D eigenvalue weighted by molar-refractivity contribution is 5.77. The summed E-state index contributed by atoms with van der Waals surface area (Å²) in [5, 5.41) is 15.1. The van der Waals surface area contributed by atoms with Crippen LogP contribution < -0.4 is 10.9 Å². The molecule has 1 aromatic rings. The smallest absolute Gasteiger partial charge is 0.324 e. The van der Waals surface area contributed by atoms with Crippen LogP contribution in [0.15, 0.2) is 23.1 Å². The van der Waals surface area contributed by atoms with Crippen LogP contribution in [0.3, 0.4) is 0 Å². The third kappa shape index (κ3) is 4.37. The van der Waals surface area contributed by atoms with Crippen LogP contribution in [0.5, 0.6) is 0 Å². The Bertz CT molecular complexity index is 788. The number of nitro groups is 1. The molecule has 0 unspecified atom stereocenters. The lowest BCUT2D eigenvalue weighted by Gasteiger charge is -2.32. The van der Waals surface area contributed by atoms with E-state index in [9.17, 15) is 19.7 Å². The van der Waals surface area contributed by atoms with Crippen molar-refractivity contribution in [3.63, 3.8) is 0 Å². The highest BCUT2D eigenvalue weighted by atomic mass is 16.6. The summed E-state index contributed by atoms with van der Waals surface area (Å²) in [5.41, 5.74) is -1.31. The lowest BCUT2D eigenvalue weighted by molar-refractivity contribution is -0.535. The monoisotopic (exact) mass is 379 g/mol. The first-order chi connectivity index (χ1) is 12.2. The maximum absolute atomic E-state index is 12.8. The van der Waals surface area contributed by atoms with Gasteiger partial charge in [-0.15, -0.1) is 0 Å². The van der Waals surface area contributed by atoms with Crippen molar-refractivity contribution < 1.29 is 14.5 Å². The quantitative estimate of drug-likeness (QED) is 0.490. The number of hydrogen-bond donors (Lipinski definition) is 1. The maximum atomic E-state index is 12.8. The van der Waals surface area contributed by atoms with Crippen molar-refractivity contribution in [1.82, 2.24) is 9.88 Å². The molecule has 2 rings (SSSR count). The van der Waals surface area contributed by atoms with Gasteiger partial charge in [-0.3, -0.25) is 25.0 Å². The van der Waals surface area contributed by atoms with Gasteiger partial charge >= 0.3 is 5.97 Å². The van der Waals surface area contributed by atoms with Crippen LogP contribution >= 0.6 is 0 Å². The number of rotatable bonds is 3. The summed E-state index contributed by atoms with van der Waals surface area (Å²) in [4.78, 5) is 37.0. The van der Waals surface area contributed by atoms with Crippen molar-refractivity contribution in [2.75, 3.05) is 0 Å². The van der Waals surface area contributed by atoms with E-state index in [0.717, 1.165) is 0 Å². The number of carbonyl (C=O) groups is 1. The van der Waals surface area contributed by atoms with Gasteiger partial charge in [0.05, 0.1) is 5.92 Å². The fraction of sp³-hybridized carbons (Fsp3) is 0.684. The summed E-state index contributed by atoms with van der Waals surface area (Å²) >= 11 is 0. The summed E-state index contributed by atoms with van der Waals surface area (Å²) in [6.45, 7) is 10.8. The molecule has 0 bridgehead atoms. The number of aryl methyl sites for hydroxylation is 1. The number of pyridine rings is 1. The Morgan fingerprint density at radius 2 is 1.85 bits per heavy atom. The van der Waals surface area contributed by atoms with Crippen LogP contribution in [0.1, 0.15) is 53.1 Å². The molecule has 1 N–H and O–H groups in total. The number of nitrogens with zero attached hydrogens (tertiary/aromatic N) is 2. The van der Waals surface area contributed by atoms with Gasteiger partial charge in [0.25, 0.3) is 5.56 Å². The van der Waals surface area contributed by atoms with Crippen molar-refractivity contribution in [2.45, 2.75) is 65.3 Å². The normalized spacial score (nSPS) is 26.0. The zero-order chi connectivity index (χ0) is 20.7. The van der Waals surface area contributed by atoms with Gasteiger partial charge < -0.3 is 9.30 Å². The second kappa shape index (κ2) is 7.07. The molecule has 27 heavy (non-hydrogen) atoms. The number of nitrogens with one attached hydrogen (secondary N) is 1. The van der Waals surface area contributed by atoms with Gasteiger partial charge in [0.15, 0.2) is 0 Å². The second-order valence-electron chi connectivity index (χ2n) is 9.20. The predicted octanol–water partition coefficient (Wildman–Crippen LogP) is 2.05. The standard InChI is InChI=1S/C19H29N3O5/c1-18(2,3)12-14(17(24)27-19(4,5)6)20-13(15(12)22(25)26)11-9-8-10-21(7)16(11)23/h8-10,12-15,20H,1-7H3/t12-,13+,14+,15+/m1/s1. The summed E-state index contributed by atoms with van der Waals surface area (Å²) < 4.78 is 6.88. The first-order valence-corrected chi connectivity index (χ1v) is 9.02. The SMILES string of the molecule is Cn1cccc([C@@H]2N[C@H](C(=O)OC(C)(C)C)[C@@H](C(C)(C)C)[C@@H]2[N+](=O)[O-])c1=O. The van der Waals surface area contributed by atoms with Crippen molar-refractivity contribution in [1.29, 1.82) is 0 Å². The molecule has 0 spiro atoms. The molecule has 1 aliphatic rings. The average molecular weight is 379 g/mol. The maximum Gasteiger partial charge on any atom is 0.324 e. The highest BCUT2D eigenvalue weighted by Gasteiger charge is 2.59. The van der Waals surface area contributed by atoms with Crippen molar-refractivity contribution >= 4 is 5.97 Å². The van der Waals surface area contributed by atoms with E-state index in [1.165, 1.54) is 4.57 Å². The van der Waals surface area contributed by atoms with Crippen LogP contribution in [0, 0.1) is 21.4 Å². The van der Waals surface area contributed by atoms with Gasteiger partial charge in [-0.05, 0) is 32.3 Å². The lowest BCUT2D eigenvalue weighted by atomic mass is 9.73. The number of carbonyl (C=O) groups excluding carboxylic acids is 1. The van der Waals surface area contributed by atoms with Gasteiger partial charge in [-0.25, -0.2) is 0 Å². The van der Waals surface area contributed by atoms with Crippen LogP contribution in [0.25, 0.3) is 0 Å². The molecule has 8 heteroatoms. The number of aromatic nitrogens is 1. The molecule has 0 radical (unpaired) electrons. The molecule has 1 aliphatic heterocycles. The fourth-order valence-corrected chi connectivity index (χ4v) is 3.77. The van der Waals surface area contributed by atoms with E-state index in [-0.39, 0.29) is 16.0 Å². The molecule has 0 aliphatic carbocycles. The summed E-state index contributed by atoms with van der Waals surface area (Å²) in [6.07, 6.45) is 1.59. The van der Waals surface area contributed by atoms with E-state index >= 15 is 0 Å². The molecular weight excluding hydrogens is 350 g/mol. The largest absolute Gasteiger partial charge is 0.459 e. The van der Waals surface area contributed by atoms with Crippen molar-refractivity contribution in [3.05, 3.63) is 44.4 Å². The van der Waals surface area contributed by atoms with Gasteiger partial charge in [-0.1, -0.05) is 26.8 Å². The molecule has 8 nitrogen and oxygen atoms in total. The third-order valence-corrected chi connectivity index (χ3v) is 4.82. The summed E-state index contributed by atoms with van der Waals surface area (Å²) in [6, 6.07) is 0.365. The third-order valence-electron chi connectivity index (χ3n) is 4.82. The van der Waals surface area contributed by atoms with Gasteiger partial charge in [0.1, 0.15) is 17.7 Å². The molecule has 4 atom stereocenters. The number of ether oxygens (including phenoxy) is 1. The molecule has 0 saturated carbocycles. The van der Waals surface area contributed by atoms with Crippen molar-refractivity contribution in [2.24, 2.45) is 18.4 Å². The molecule has 0 aromatic carbocycles. The number of hydrogen-bond acceptors (Lipinski definition) is 6. The van der Waals surface area contributed by atoms with E-state index in [4.69, 9.17) is 4.74 Å². The number of esters is 1. The van der Waals surface area contributed by atoms with E-state index in [1.807, 2.05) is 20.8 Å². The van der Waals surface area contributed by atoms with Crippen LogP contribution in [0.4, 0.5) is 0 Å². The van der Waals surface area contributed by atoms with E-state index in [0.29, 0.717) is 0 Å². The Morgan fingerprint density at radius 3 is 2.33 bits per heavy atom. The predicted molar refractivity (Wildman–Crippen MR) is 101 cm³/mol. The van der Waals surface area contributed by atoms with E-state index in [1.54, 1.807) is 46.1 Å². The fourth-order valence-electron chi connectivity index (χ4n) is 3.77. The molecule has 2 heterocycles. The molecular formula is C19H29N3O5. The van der Waals surface area contributed by atoms with Gasteiger partial charge in [0.2, 0.25) is 6.04 Å². The molecule has 1 aromatic heterocycles. The van der Waals surface area contributed by atoms with Crippen LogP contribution in [0.2, 0.25) is 0 Å². The minimum absolute atomic E-state index is 0.280. The van der Waals surface area contributed by atoms with Crippen molar-refractivity contribution in [3.8, 4) is 0 Å². The Hall–Kier alpha value is -2.22. The zero-order valence-electron chi connectivity index (χ0n) is 17.0. The van der Waals surface area contributed by atoms with Gasteiger partial charge in [0, 0.05) is 23.7 Å². The molecule has 1 fully saturated rings. The van der Waals surface area contributed by atoms with Crippen LogP contribution in [-0.4, -0.2) is 33.1 Å². The molecule has 150 valence electrons. The Labute approximate surface area is 159 Å². The molecule has 1 saturated heterocycles. The van der Waals surface area contributed by atoms with E-state index < -0.39 is 41.0 Å².